The minimum Gasteiger partial charge on any atom is -0.375 e. The van der Waals surface area contributed by atoms with E-state index in [9.17, 15) is 4.79 Å². The van der Waals surface area contributed by atoms with Crippen LogP contribution in [0.5, 0.6) is 0 Å². The number of hydrogen-bond acceptors (Lipinski definition) is 5. The fourth-order valence-corrected chi connectivity index (χ4v) is 3.26. The average molecular weight is 267 g/mol. The summed E-state index contributed by atoms with van der Waals surface area (Å²) in [7, 11) is 2.17. The largest absolute Gasteiger partial charge is 0.375 e. The number of aryl methyl sites for hydroxylation is 1. The van der Waals surface area contributed by atoms with Crippen molar-refractivity contribution < 1.29 is 4.79 Å². The lowest BCUT2D eigenvalue weighted by Crippen LogP contribution is -2.33. The molecule has 0 radical (unpaired) electrons. The molecule has 0 atom stereocenters. The zero-order valence-electron chi connectivity index (χ0n) is 11.3. The summed E-state index contributed by atoms with van der Waals surface area (Å²) in [5, 5.41) is 4.36. The lowest BCUT2D eigenvalue weighted by molar-refractivity contribution is 0.101. The fourth-order valence-electron chi connectivity index (χ4n) is 2.41. The van der Waals surface area contributed by atoms with Gasteiger partial charge in [-0.25, -0.2) is 0 Å². The Morgan fingerprint density at radius 1 is 1.50 bits per heavy atom. The highest BCUT2D eigenvalue weighted by Crippen LogP contribution is 2.26. The lowest BCUT2D eigenvalue weighted by atomic mass is 9.97. The fraction of sp³-hybridized carbons (Fsp3) is 0.692. The van der Waals surface area contributed by atoms with Crippen molar-refractivity contribution in [3.63, 3.8) is 0 Å². The molecule has 0 amide bonds. The number of rotatable bonds is 4. The van der Waals surface area contributed by atoms with Gasteiger partial charge in [-0.2, -0.15) is 4.37 Å². The topological polar surface area (TPSA) is 45.2 Å². The summed E-state index contributed by atoms with van der Waals surface area (Å²) in [5.41, 5.74) is 1.62. The summed E-state index contributed by atoms with van der Waals surface area (Å²) in [5.74, 6) is 0.815. The highest BCUT2D eigenvalue weighted by molar-refractivity contribution is 7.10. The average Bonchev–Trinajstić information content (AvgIpc) is 2.70. The van der Waals surface area contributed by atoms with Gasteiger partial charge in [0.25, 0.3) is 0 Å². The van der Waals surface area contributed by atoms with E-state index in [-0.39, 0.29) is 5.78 Å². The van der Waals surface area contributed by atoms with Crippen LogP contribution in [-0.2, 0) is 0 Å². The summed E-state index contributed by atoms with van der Waals surface area (Å²) in [6.45, 7) is 6.81. The number of hydrogen-bond donors (Lipinski definition) is 1. The predicted molar refractivity (Wildman–Crippen MR) is 75.6 cm³/mol. The molecule has 1 aromatic rings. The van der Waals surface area contributed by atoms with Gasteiger partial charge in [0, 0.05) is 6.54 Å². The van der Waals surface area contributed by atoms with Crippen LogP contribution in [0.3, 0.4) is 0 Å². The maximum absolute atomic E-state index is 11.6. The summed E-state index contributed by atoms with van der Waals surface area (Å²) in [4.78, 5) is 13.9. The summed E-state index contributed by atoms with van der Waals surface area (Å²) in [6, 6.07) is 0. The van der Waals surface area contributed by atoms with Crippen LogP contribution in [0.25, 0.3) is 0 Å². The van der Waals surface area contributed by atoms with Crippen molar-refractivity contribution >= 4 is 22.3 Å². The van der Waals surface area contributed by atoms with Gasteiger partial charge in [-0.1, -0.05) is 0 Å². The molecule has 0 aliphatic carbocycles. The van der Waals surface area contributed by atoms with Crippen LogP contribution in [0, 0.1) is 12.8 Å². The Labute approximate surface area is 113 Å². The molecule has 2 heterocycles. The van der Waals surface area contributed by atoms with E-state index in [1.165, 1.54) is 37.5 Å². The van der Waals surface area contributed by atoms with Gasteiger partial charge < -0.3 is 10.2 Å². The summed E-state index contributed by atoms with van der Waals surface area (Å²) < 4.78 is 4.26. The van der Waals surface area contributed by atoms with Gasteiger partial charge in [0.1, 0.15) is 5.00 Å². The van der Waals surface area contributed by atoms with E-state index in [4.69, 9.17) is 0 Å². The number of piperidine rings is 1. The van der Waals surface area contributed by atoms with Crippen LogP contribution >= 0.6 is 11.5 Å². The monoisotopic (exact) mass is 267 g/mol. The molecule has 18 heavy (non-hydrogen) atoms. The second-order valence-electron chi connectivity index (χ2n) is 5.16. The van der Waals surface area contributed by atoms with Crippen LogP contribution in [0.4, 0.5) is 5.00 Å². The third-order valence-corrected chi connectivity index (χ3v) is 4.50. The molecule has 1 aliphatic rings. The number of nitrogens with zero attached hydrogens (tertiary/aromatic N) is 2. The quantitative estimate of drug-likeness (QED) is 0.851. The first-order chi connectivity index (χ1) is 8.58. The molecular weight excluding hydrogens is 246 g/mol. The first-order valence-corrected chi connectivity index (χ1v) is 7.25. The Bertz CT molecular complexity index is 422. The molecule has 0 unspecified atom stereocenters. The van der Waals surface area contributed by atoms with Crippen molar-refractivity contribution in [1.82, 2.24) is 9.27 Å². The second kappa shape index (κ2) is 5.80. The molecule has 0 aromatic carbocycles. The number of anilines is 1. The third-order valence-electron chi connectivity index (χ3n) is 3.60. The number of Topliss-reactive ketones (excluding diaryl/α,β-unsaturated/α-hetero) is 1. The highest BCUT2D eigenvalue weighted by atomic mass is 32.1. The van der Waals surface area contributed by atoms with Crippen molar-refractivity contribution in [1.29, 1.82) is 0 Å². The molecular formula is C13H21N3OS. The normalized spacial score (nSPS) is 17.9. The Balaban J connectivity index is 1.92. The molecule has 0 spiro atoms. The number of nitrogens with one attached hydrogen (secondary N) is 1. The Morgan fingerprint density at radius 3 is 2.78 bits per heavy atom. The Kier molecular flexibility index (Phi) is 4.35. The zero-order chi connectivity index (χ0) is 13.1. The predicted octanol–water partition coefficient (Wildman–Crippen LogP) is 2.41. The van der Waals surface area contributed by atoms with Gasteiger partial charge in [0.2, 0.25) is 0 Å². The van der Waals surface area contributed by atoms with Crippen LogP contribution < -0.4 is 5.32 Å². The SMILES string of the molecule is CC(=O)c1c(C)nsc1NCC1CCN(C)CC1. The first-order valence-electron chi connectivity index (χ1n) is 6.47. The number of ketones is 1. The van der Waals surface area contributed by atoms with Crippen LogP contribution in [0.2, 0.25) is 0 Å². The van der Waals surface area contributed by atoms with E-state index in [1.54, 1.807) is 6.92 Å². The van der Waals surface area contributed by atoms with E-state index in [0.29, 0.717) is 5.92 Å². The molecule has 1 fully saturated rings. The molecule has 100 valence electrons. The van der Waals surface area contributed by atoms with Gasteiger partial charge in [0.05, 0.1) is 11.3 Å². The van der Waals surface area contributed by atoms with Crippen LogP contribution in [0.15, 0.2) is 0 Å². The van der Waals surface area contributed by atoms with Crippen LogP contribution in [-0.4, -0.2) is 41.7 Å². The van der Waals surface area contributed by atoms with E-state index < -0.39 is 0 Å². The van der Waals surface area contributed by atoms with Crippen LogP contribution in [0.1, 0.15) is 35.8 Å². The molecule has 5 heteroatoms. The summed E-state index contributed by atoms with van der Waals surface area (Å²) in [6.07, 6.45) is 2.47. The standard InChI is InChI=1S/C13H21N3OS/c1-9-12(10(2)17)13(18-15-9)14-8-11-4-6-16(3)7-5-11/h11,14H,4-8H2,1-3H3. The maximum Gasteiger partial charge on any atom is 0.164 e. The van der Waals surface area contributed by atoms with Crippen molar-refractivity contribution in [3.05, 3.63) is 11.3 Å². The number of aromatic nitrogens is 1. The van der Waals surface area contributed by atoms with Gasteiger partial charge >= 0.3 is 0 Å². The molecule has 1 saturated heterocycles. The van der Waals surface area contributed by atoms with E-state index in [0.717, 1.165) is 22.8 Å². The van der Waals surface area contributed by atoms with Gasteiger partial charge in [-0.05, 0) is 64.3 Å². The van der Waals surface area contributed by atoms with Gasteiger partial charge in [-0.3, -0.25) is 4.79 Å². The zero-order valence-corrected chi connectivity index (χ0v) is 12.1. The summed E-state index contributed by atoms with van der Waals surface area (Å²) >= 11 is 1.40. The van der Waals surface area contributed by atoms with E-state index in [2.05, 4.69) is 21.6 Å². The van der Waals surface area contributed by atoms with E-state index in [1.807, 2.05) is 6.92 Å². The smallest absolute Gasteiger partial charge is 0.164 e. The molecule has 1 aliphatic heterocycles. The lowest BCUT2D eigenvalue weighted by Gasteiger charge is -2.29. The van der Waals surface area contributed by atoms with Crippen molar-refractivity contribution in [3.8, 4) is 0 Å². The molecule has 0 bridgehead atoms. The minimum absolute atomic E-state index is 0.104. The maximum atomic E-state index is 11.6. The Hall–Kier alpha value is -0.940. The molecule has 0 saturated carbocycles. The minimum atomic E-state index is 0.104. The third kappa shape index (κ3) is 3.09. The molecule has 1 N–H and O–H groups in total. The molecule has 4 nitrogen and oxygen atoms in total. The van der Waals surface area contributed by atoms with E-state index >= 15 is 0 Å². The number of likely N-dealkylation sites (tertiary alicyclic amines) is 1. The molecule has 1 aromatic heterocycles. The molecule has 2 rings (SSSR count). The number of carbonyl (C=O) groups excluding carboxylic acids is 1. The van der Waals surface area contributed by atoms with Crippen molar-refractivity contribution in [2.45, 2.75) is 26.7 Å². The van der Waals surface area contributed by atoms with Gasteiger partial charge in [-0.15, -0.1) is 0 Å². The highest BCUT2D eigenvalue weighted by Gasteiger charge is 2.19. The van der Waals surface area contributed by atoms with Gasteiger partial charge in [0.15, 0.2) is 5.78 Å². The first kappa shape index (κ1) is 13.5. The van der Waals surface area contributed by atoms with Crippen molar-refractivity contribution in [2.24, 2.45) is 5.92 Å². The van der Waals surface area contributed by atoms with Crippen molar-refractivity contribution in [2.75, 3.05) is 32.0 Å². The number of carbonyl (C=O) groups is 1. The Morgan fingerprint density at radius 2 is 2.17 bits per heavy atom. The second-order valence-corrected chi connectivity index (χ2v) is 5.93.